The Morgan fingerprint density at radius 3 is 2.58 bits per heavy atom. The summed E-state index contributed by atoms with van der Waals surface area (Å²) in [5.74, 6) is -0.00396. The first-order valence-corrected chi connectivity index (χ1v) is 6.65. The van der Waals surface area contributed by atoms with E-state index < -0.39 is 12.4 Å². The Hall–Kier alpha value is -0.940. The molecule has 0 spiro atoms. The van der Waals surface area contributed by atoms with Gasteiger partial charge in [-0.2, -0.15) is 0 Å². The third-order valence-electron chi connectivity index (χ3n) is 3.68. The maximum Gasteiger partial charge on any atom is 0.183 e. The van der Waals surface area contributed by atoms with Gasteiger partial charge in [0.2, 0.25) is 0 Å². The van der Waals surface area contributed by atoms with Crippen molar-refractivity contribution in [2.75, 3.05) is 7.11 Å². The van der Waals surface area contributed by atoms with Gasteiger partial charge in [-0.3, -0.25) is 0 Å². The van der Waals surface area contributed by atoms with Gasteiger partial charge < -0.3 is 19.3 Å². The topological polar surface area (TPSA) is 47.9 Å². The normalized spacial score (nSPS) is 32.4. The number of benzene rings is 1. The van der Waals surface area contributed by atoms with Gasteiger partial charge in [-0.05, 0) is 12.5 Å². The number of aliphatic hydroxyl groups is 1. The van der Waals surface area contributed by atoms with E-state index in [2.05, 4.69) is 0 Å². The van der Waals surface area contributed by atoms with Gasteiger partial charge in [0.1, 0.15) is 6.10 Å². The molecule has 4 nitrogen and oxygen atoms in total. The van der Waals surface area contributed by atoms with E-state index in [9.17, 15) is 5.11 Å². The van der Waals surface area contributed by atoms with Crippen molar-refractivity contribution < 1.29 is 19.3 Å². The van der Waals surface area contributed by atoms with E-state index in [0.717, 1.165) is 5.56 Å². The average molecular weight is 266 g/mol. The molecule has 1 aromatic carbocycles. The number of ether oxygens (including phenoxy) is 3. The van der Waals surface area contributed by atoms with E-state index in [1.54, 1.807) is 7.11 Å². The van der Waals surface area contributed by atoms with Crippen molar-refractivity contribution in [2.45, 2.75) is 45.1 Å². The lowest BCUT2D eigenvalue weighted by atomic mass is 9.97. The first kappa shape index (κ1) is 14.5. The number of rotatable bonds is 5. The largest absolute Gasteiger partial charge is 0.387 e. The fourth-order valence-corrected chi connectivity index (χ4v) is 2.43. The minimum absolute atomic E-state index is 0.00396. The fraction of sp³-hybridized carbons (Fsp3) is 0.600. The van der Waals surface area contributed by atoms with Gasteiger partial charge in [-0.1, -0.05) is 37.3 Å². The van der Waals surface area contributed by atoms with E-state index >= 15 is 0 Å². The zero-order chi connectivity index (χ0) is 13.8. The molecule has 5 atom stereocenters. The van der Waals surface area contributed by atoms with Crippen molar-refractivity contribution in [1.29, 1.82) is 0 Å². The third-order valence-corrected chi connectivity index (χ3v) is 3.68. The lowest BCUT2D eigenvalue weighted by Crippen LogP contribution is -2.32. The number of aliphatic hydroxyl groups excluding tert-OH is 1. The molecule has 1 fully saturated rings. The predicted molar refractivity (Wildman–Crippen MR) is 71.5 cm³/mol. The number of hydrogen-bond donors (Lipinski definition) is 1. The van der Waals surface area contributed by atoms with Crippen LogP contribution in [0.2, 0.25) is 0 Å². The molecule has 1 aliphatic rings. The first-order chi connectivity index (χ1) is 9.13. The second-order valence-electron chi connectivity index (χ2n) is 5.06. The molecule has 4 heteroatoms. The molecule has 1 saturated heterocycles. The van der Waals surface area contributed by atoms with Crippen LogP contribution in [-0.4, -0.2) is 36.8 Å². The average Bonchev–Trinajstić information content (AvgIpc) is 2.73. The Kier molecular flexibility index (Phi) is 4.93. The van der Waals surface area contributed by atoms with Crippen LogP contribution in [0.25, 0.3) is 0 Å². The van der Waals surface area contributed by atoms with Crippen molar-refractivity contribution in [1.82, 2.24) is 0 Å². The summed E-state index contributed by atoms with van der Waals surface area (Å²) in [6.07, 6.45) is -1.39. The second kappa shape index (κ2) is 6.48. The van der Waals surface area contributed by atoms with E-state index in [0.29, 0.717) is 6.61 Å². The van der Waals surface area contributed by atoms with E-state index in [4.69, 9.17) is 14.2 Å². The fourth-order valence-electron chi connectivity index (χ4n) is 2.43. The third kappa shape index (κ3) is 3.34. The summed E-state index contributed by atoms with van der Waals surface area (Å²) in [4.78, 5) is 0. The Bertz CT molecular complexity index is 381. The Morgan fingerprint density at radius 1 is 1.32 bits per heavy atom. The van der Waals surface area contributed by atoms with E-state index in [-0.39, 0.29) is 18.1 Å². The van der Waals surface area contributed by atoms with Crippen molar-refractivity contribution in [2.24, 2.45) is 5.92 Å². The van der Waals surface area contributed by atoms with Crippen LogP contribution < -0.4 is 0 Å². The summed E-state index contributed by atoms with van der Waals surface area (Å²) in [5.41, 5.74) is 1.13. The second-order valence-corrected chi connectivity index (χ2v) is 5.06. The minimum Gasteiger partial charge on any atom is -0.387 e. The van der Waals surface area contributed by atoms with Crippen LogP contribution in [-0.2, 0) is 20.8 Å². The van der Waals surface area contributed by atoms with Crippen LogP contribution in [0.3, 0.4) is 0 Å². The molecule has 0 aliphatic carbocycles. The molecule has 1 aromatic rings. The van der Waals surface area contributed by atoms with Crippen LogP contribution in [0, 0.1) is 5.92 Å². The van der Waals surface area contributed by atoms with E-state index in [1.807, 2.05) is 44.2 Å². The van der Waals surface area contributed by atoms with E-state index in [1.165, 1.54) is 0 Å². The first-order valence-electron chi connectivity index (χ1n) is 6.65. The highest BCUT2D eigenvalue weighted by Crippen LogP contribution is 2.30. The quantitative estimate of drug-likeness (QED) is 0.885. The van der Waals surface area contributed by atoms with Gasteiger partial charge in [0.25, 0.3) is 0 Å². The summed E-state index contributed by atoms with van der Waals surface area (Å²) in [6.45, 7) is 4.47. The molecule has 1 heterocycles. The molecule has 0 saturated carbocycles. The zero-order valence-electron chi connectivity index (χ0n) is 11.7. The summed E-state index contributed by atoms with van der Waals surface area (Å²) in [7, 11) is 1.54. The summed E-state index contributed by atoms with van der Waals surface area (Å²) >= 11 is 0. The SMILES string of the molecule is CO[C@@H]1O[C@H]([C@H](C)OCc2ccccc2)[C@@H](C)[C@H]1O. The van der Waals surface area contributed by atoms with Gasteiger partial charge in [0, 0.05) is 13.0 Å². The number of methoxy groups -OCH3 is 1. The highest BCUT2D eigenvalue weighted by Gasteiger charge is 2.43. The lowest BCUT2D eigenvalue weighted by molar-refractivity contribution is -0.168. The molecule has 0 aromatic heterocycles. The van der Waals surface area contributed by atoms with Crippen LogP contribution in [0.5, 0.6) is 0 Å². The molecule has 0 bridgehead atoms. The smallest absolute Gasteiger partial charge is 0.183 e. The lowest BCUT2D eigenvalue weighted by Gasteiger charge is -2.23. The highest BCUT2D eigenvalue weighted by atomic mass is 16.7. The van der Waals surface area contributed by atoms with Crippen LogP contribution in [0.4, 0.5) is 0 Å². The summed E-state index contributed by atoms with van der Waals surface area (Å²) in [5, 5.41) is 9.96. The van der Waals surface area contributed by atoms with Crippen LogP contribution >= 0.6 is 0 Å². The van der Waals surface area contributed by atoms with Gasteiger partial charge in [-0.25, -0.2) is 0 Å². The zero-order valence-corrected chi connectivity index (χ0v) is 11.7. The highest BCUT2D eigenvalue weighted by molar-refractivity contribution is 5.13. The molecule has 1 aliphatic heterocycles. The predicted octanol–water partition coefficient (Wildman–Crippen LogP) is 1.96. The molecule has 2 rings (SSSR count). The molecular weight excluding hydrogens is 244 g/mol. The Balaban J connectivity index is 1.88. The maximum absolute atomic E-state index is 9.96. The molecule has 19 heavy (non-hydrogen) atoms. The Labute approximate surface area is 114 Å². The van der Waals surface area contributed by atoms with Crippen LogP contribution in [0.1, 0.15) is 19.4 Å². The molecule has 106 valence electrons. The van der Waals surface area contributed by atoms with Gasteiger partial charge in [-0.15, -0.1) is 0 Å². The molecule has 0 unspecified atom stereocenters. The van der Waals surface area contributed by atoms with Crippen molar-refractivity contribution in [3.8, 4) is 0 Å². The van der Waals surface area contributed by atoms with Crippen LogP contribution in [0.15, 0.2) is 30.3 Å². The van der Waals surface area contributed by atoms with Crippen molar-refractivity contribution >= 4 is 0 Å². The van der Waals surface area contributed by atoms with Gasteiger partial charge in [0.05, 0.1) is 18.8 Å². The van der Waals surface area contributed by atoms with Crippen molar-refractivity contribution in [3.05, 3.63) is 35.9 Å². The monoisotopic (exact) mass is 266 g/mol. The standard InChI is InChI=1S/C15H22O4/c1-10-13(16)15(17-3)19-14(10)11(2)18-9-12-7-5-4-6-8-12/h4-8,10-11,13-16H,9H2,1-3H3/t10-,11-,13+,14-,15+/m0/s1. The van der Waals surface area contributed by atoms with Gasteiger partial charge in [0.15, 0.2) is 6.29 Å². The summed E-state index contributed by atoms with van der Waals surface area (Å²) in [6, 6.07) is 10.0. The summed E-state index contributed by atoms with van der Waals surface area (Å²) < 4.78 is 16.6. The molecular formula is C15H22O4. The molecule has 1 N–H and O–H groups in total. The Morgan fingerprint density at radius 2 is 2.00 bits per heavy atom. The molecule has 0 amide bonds. The molecule has 0 radical (unpaired) electrons. The maximum atomic E-state index is 9.96. The van der Waals surface area contributed by atoms with Gasteiger partial charge >= 0.3 is 0 Å². The number of hydrogen-bond acceptors (Lipinski definition) is 4. The minimum atomic E-state index is -0.599. The van der Waals surface area contributed by atoms with Crippen molar-refractivity contribution in [3.63, 3.8) is 0 Å².